The number of methoxy groups -OCH3 is 1. The van der Waals surface area contributed by atoms with Crippen molar-refractivity contribution >= 4 is 5.78 Å². The summed E-state index contributed by atoms with van der Waals surface area (Å²) in [6.07, 6.45) is 2.05. The van der Waals surface area contributed by atoms with Gasteiger partial charge in [0, 0.05) is 22.9 Å². The minimum absolute atomic E-state index is 0.0755. The monoisotopic (exact) mass is 269 g/mol. The molecule has 0 amide bonds. The normalized spacial score (nSPS) is 10.4. The van der Waals surface area contributed by atoms with Crippen molar-refractivity contribution in [3.63, 3.8) is 0 Å². The second kappa shape index (κ2) is 5.87. The number of Topliss-reactive ketones (excluding diaryl/α,β-unsaturated/α-hetero) is 1. The Morgan fingerprint density at radius 3 is 2.40 bits per heavy atom. The highest BCUT2D eigenvalue weighted by Gasteiger charge is 2.14. The third-order valence-corrected chi connectivity index (χ3v) is 3.45. The predicted octanol–water partition coefficient (Wildman–Crippen LogP) is 3.44. The Morgan fingerprint density at radius 1 is 1.15 bits per heavy atom. The average molecular weight is 269 g/mol. The van der Waals surface area contributed by atoms with Gasteiger partial charge in [0.2, 0.25) is 0 Å². The number of hydrogen-bond donors (Lipinski definition) is 0. The van der Waals surface area contributed by atoms with Crippen LogP contribution in [0.3, 0.4) is 0 Å². The SMILES string of the molecule is COc1c(C)cnc(CC(=O)c2ccc(C)cc2)c1C. The number of carbonyl (C=O) groups excluding carboxylic acids is 1. The highest BCUT2D eigenvalue weighted by molar-refractivity contribution is 5.97. The Balaban J connectivity index is 2.26. The zero-order valence-corrected chi connectivity index (χ0v) is 12.4. The first-order chi connectivity index (χ1) is 9.52. The first kappa shape index (κ1) is 14.3. The lowest BCUT2D eigenvalue weighted by atomic mass is 10.0. The fourth-order valence-corrected chi connectivity index (χ4v) is 2.24. The maximum atomic E-state index is 12.3. The van der Waals surface area contributed by atoms with Gasteiger partial charge < -0.3 is 4.74 Å². The van der Waals surface area contributed by atoms with Crippen LogP contribution < -0.4 is 4.74 Å². The van der Waals surface area contributed by atoms with Crippen molar-refractivity contribution < 1.29 is 9.53 Å². The Bertz CT molecular complexity index is 630. The van der Waals surface area contributed by atoms with Crippen LogP contribution in [0.15, 0.2) is 30.5 Å². The van der Waals surface area contributed by atoms with Gasteiger partial charge >= 0.3 is 0 Å². The van der Waals surface area contributed by atoms with Crippen LogP contribution in [-0.2, 0) is 6.42 Å². The summed E-state index contributed by atoms with van der Waals surface area (Å²) in [5.41, 5.74) is 4.56. The number of nitrogens with zero attached hydrogens (tertiary/aromatic N) is 1. The van der Waals surface area contributed by atoms with Crippen LogP contribution in [0.2, 0.25) is 0 Å². The number of aromatic nitrogens is 1. The molecule has 20 heavy (non-hydrogen) atoms. The fraction of sp³-hybridized carbons (Fsp3) is 0.294. The van der Waals surface area contributed by atoms with Crippen LogP contribution in [0.4, 0.5) is 0 Å². The summed E-state index contributed by atoms with van der Waals surface area (Å²) in [5.74, 6) is 0.887. The molecule has 0 unspecified atom stereocenters. The molecular formula is C17H19NO2. The maximum Gasteiger partial charge on any atom is 0.168 e. The van der Waals surface area contributed by atoms with Crippen LogP contribution in [-0.4, -0.2) is 17.9 Å². The van der Waals surface area contributed by atoms with Crippen LogP contribution >= 0.6 is 0 Å². The molecule has 3 nitrogen and oxygen atoms in total. The lowest BCUT2D eigenvalue weighted by Gasteiger charge is -2.11. The van der Waals surface area contributed by atoms with E-state index in [0.717, 1.165) is 33.7 Å². The van der Waals surface area contributed by atoms with Crippen molar-refractivity contribution in [1.29, 1.82) is 0 Å². The van der Waals surface area contributed by atoms with Gasteiger partial charge in [-0.15, -0.1) is 0 Å². The van der Waals surface area contributed by atoms with Gasteiger partial charge in [-0.05, 0) is 20.8 Å². The van der Waals surface area contributed by atoms with E-state index in [1.165, 1.54) is 0 Å². The predicted molar refractivity (Wildman–Crippen MR) is 79.5 cm³/mol. The van der Waals surface area contributed by atoms with Gasteiger partial charge in [-0.2, -0.15) is 0 Å². The Kier molecular flexibility index (Phi) is 4.18. The molecule has 0 fully saturated rings. The van der Waals surface area contributed by atoms with Crippen LogP contribution in [0.1, 0.15) is 32.7 Å². The molecule has 0 N–H and O–H groups in total. The molecule has 0 saturated heterocycles. The van der Waals surface area contributed by atoms with E-state index < -0.39 is 0 Å². The molecule has 0 aliphatic heterocycles. The highest BCUT2D eigenvalue weighted by atomic mass is 16.5. The molecule has 3 heteroatoms. The summed E-state index contributed by atoms with van der Waals surface area (Å²) in [7, 11) is 1.64. The summed E-state index contributed by atoms with van der Waals surface area (Å²) >= 11 is 0. The number of rotatable bonds is 4. The van der Waals surface area contributed by atoms with Gasteiger partial charge in [0.15, 0.2) is 5.78 Å². The molecule has 2 aromatic rings. The Hall–Kier alpha value is -2.16. The number of ketones is 1. The number of aryl methyl sites for hydroxylation is 2. The molecule has 0 saturated carbocycles. The van der Waals surface area contributed by atoms with Crippen molar-refractivity contribution in [1.82, 2.24) is 4.98 Å². The zero-order valence-electron chi connectivity index (χ0n) is 12.4. The second-order valence-electron chi connectivity index (χ2n) is 5.01. The standard InChI is InChI=1S/C17H19NO2/c1-11-5-7-14(8-6-11)16(19)9-15-13(3)17(20-4)12(2)10-18-15/h5-8,10H,9H2,1-4H3. The number of pyridine rings is 1. The van der Waals surface area contributed by atoms with E-state index in [2.05, 4.69) is 4.98 Å². The minimum atomic E-state index is 0.0755. The maximum absolute atomic E-state index is 12.3. The molecule has 0 atom stereocenters. The number of hydrogen-bond acceptors (Lipinski definition) is 3. The Morgan fingerprint density at radius 2 is 1.80 bits per heavy atom. The Labute approximate surface area is 119 Å². The van der Waals surface area contributed by atoms with E-state index in [4.69, 9.17) is 4.74 Å². The highest BCUT2D eigenvalue weighted by Crippen LogP contribution is 2.24. The van der Waals surface area contributed by atoms with Crippen molar-refractivity contribution in [2.24, 2.45) is 0 Å². The molecule has 2 rings (SSSR count). The molecule has 0 aliphatic carbocycles. The van der Waals surface area contributed by atoms with Gasteiger partial charge in [0.25, 0.3) is 0 Å². The smallest absolute Gasteiger partial charge is 0.168 e. The molecular weight excluding hydrogens is 250 g/mol. The van der Waals surface area contributed by atoms with Crippen LogP contribution in [0.25, 0.3) is 0 Å². The molecule has 1 aromatic carbocycles. The van der Waals surface area contributed by atoms with E-state index in [-0.39, 0.29) is 5.78 Å². The average Bonchev–Trinajstić information content (AvgIpc) is 2.43. The molecule has 1 heterocycles. The lowest BCUT2D eigenvalue weighted by molar-refractivity contribution is 0.0991. The summed E-state index contributed by atoms with van der Waals surface area (Å²) < 4.78 is 5.37. The number of ether oxygens (including phenoxy) is 1. The van der Waals surface area contributed by atoms with Gasteiger partial charge in [-0.1, -0.05) is 29.8 Å². The molecule has 104 valence electrons. The molecule has 0 aliphatic rings. The third kappa shape index (κ3) is 2.87. The first-order valence-electron chi connectivity index (χ1n) is 6.62. The van der Waals surface area contributed by atoms with Crippen LogP contribution in [0.5, 0.6) is 5.75 Å². The van der Waals surface area contributed by atoms with Crippen molar-refractivity contribution in [3.8, 4) is 5.75 Å². The first-order valence-corrected chi connectivity index (χ1v) is 6.62. The number of carbonyl (C=O) groups is 1. The lowest BCUT2D eigenvalue weighted by Crippen LogP contribution is -2.08. The van der Waals surface area contributed by atoms with E-state index >= 15 is 0 Å². The van der Waals surface area contributed by atoms with Crippen molar-refractivity contribution in [2.75, 3.05) is 7.11 Å². The van der Waals surface area contributed by atoms with Crippen molar-refractivity contribution in [3.05, 3.63) is 58.4 Å². The van der Waals surface area contributed by atoms with Gasteiger partial charge in [0.1, 0.15) is 5.75 Å². The fourth-order valence-electron chi connectivity index (χ4n) is 2.24. The van der Waals surface area contributed by atoms with Crippen LogP contribution in [0, 0.1) is 20.8 Å². The topological polar surface area (TPSA) is 39.2 Å². The van der Waals surface area contributed by atoms with E-state index in [0.29, 0.717) is 6.42 Å². The zero-order chi connectivity index (χ0) is 14.7. The molecule has 0 bridgehead atoms. The largest absolute Gasteiger partial charge is 0.496 e. The third-order valence-electron chi connectivity index (χ3n) is 3.45. The van der Waals surface area contributed by atoms with Gasteiger partial charge in [0.05, 0.1) is 19.2 Å². The summed E-state index contributed by atoms with van der Waals surface area (Å²) in [4.78, 5) is 16.6. The molecule has 0 spiro atoms. The molecule has 1 aromatic heterocycles. The number of benzene rings is 1. The summed E-state index contributed by atoms with van der Waals surface area (Å²) in [6.45, 7) is 5.89. The summed E-state index contributed by atoms with van der Waals surface area (Å²) in [5, 5.41) is 0. The van der Waals surface area contributed by atoms with E-state index in [1.54, 1.807) is 13.3 Å². The minimum Gasteiger partial charge on any atom is -0.496 e. The molecule has 0 radical (unpaired) electrons. The van der Waals surface area contributed by atoms with E-state index in [1.807, 2.05) is 45.0 Å². The second-order valence-corrected chi connectivity index (χ2v) is 5.01. The van der Waals surface area contributed by atoms with E-state index in [9.17, 15) is 4.79 Å². The van der Waals surface area contributed by atoms with Crippen molar-refractivity contribution in [2.45, 2.75) is 27.2 Å². The van der Waals surface area contributed by atoms with Gasteiger partial charge in [-0.3, -0.25) is 9.78 Å². The summed E-state index contributed by atoms with van der Waals surface area (Å²) in [6, 6.07) is 7.61. The van der Waals surface area contributed by atoms with Gasteiger partial charge in [-0.25, -0.2) is 0 Å². The quantitative estimate of drug-likeness (QED) is 0.798.